The van der Waals surface area contributed by atoms with Crippen molar-refractivity contribution in [3.63, 3.8) is 0 Å². The summed E-state index contributed by atoms with van der Waals surface area (Å²) in [4.78, 5) is 37.8. The van der Waals surface area contributed by atoms with Crippen LogP contribution in [-0.4, -0.2) is 40.9 Å². The van der Waals surface area contributed by atoms with E-state index < -0.39 is 11.4 Å². The minimum absolute atomic E-state index is 0.0542. The second-order valence-corrected chi connectivity index (χ2v) is 7.46. The predicted octanol–water partition coefficient (Wildman–Crippen LogP) is 2.61. The largest absolute Gasteiger partial charge is 0.481 e. The highest BCUT2D eigenvalue weighted by Crippen LogP contribution is 2.49. The summed E-state index contributed by atoms with van der Waals surface area (Å²) in [5.74, 6) is -1.06. The summed E-state index contributed by atoms with van der Waals surface area (Å²) in [7, 11) is 0. The van der Waals surface area contributed by atoms with Gasteiger partial charge in [0.15, 0.2) is 0 Å². The number of carbonyl (C=O) groups is 3. The molecule has 2 aliphatic rings. The summed E-state index contributed by atoms with van der Waals surface area (Å²) in [5, 5.41) is 12.4. The van der Waals surface area contributed by atoms with Gasteiger partial charge in [-0.05, 0) is 43.0 Å². The second kappa shape index (κ2) is 6.50. The number of hydrogen-bond acceptors (Lipinski definition) is 3. The van der Waals surface area contributed by atoms with Gasteiger partial charge >= 0.3 is 5.97 Å². The van der Waals surface area contributed by atoms with Gasteiger partial charge in [-0.1, -0.05) is 20.3 Å². The smallest absolute Gasteiger partial charge is 0.311 e. The number of carboxylic acid groups (broad SMARTS) is 1. The number of hydrogen-bond donors (Lipinski definition) is 2. The zero-order valence-electron chi connectivity index (χ0n) is 14.6. The van der Waals surface area contributed by atoms with Crippen LogP contribution in [0.2, 0.25) is 0 Å². The maximum absolute atomic E-state index is 12.7. The van der Waals surface area contributed by atoms with E-state index in [9.17, 15) is 19.5 Å². The molecule has 0 aromatic heterocycles. The summed E-state index contributed by atoms with van der Waals surface area (Å²) >= 11 is 0. The van der Waals surface area contributed by atoms with Gasteiger partial charge in [0.25, 0.3) is 5.91 Å². The van der Waals surface area contributed by atoms with Crippen molar-refractivity contribution in [2.75, 3.05) is 18.4 Å². The number of amides is 2. The van der Waals surface area contributed by atoms with Crippen molar-refractivity contribution in [3.8, 4) is 0 Å². The second-order valence-electron chi connectivity index (χ2n) is 7.46. The molecule has 0 spiro atoms. The topological polar surface area (TPSA) is 86.7 Å². The average molecular weight is 344 g/mol. The molecule has 1 saturated heterocycles. The summed E-state index contributed by atoms with van der Waals surface area (Å²) in [6.45, 7) is 4.43. The molecule has 0 radical (unpaired) electrons. The molecule has 1 aromatic carbocycles. The van der Waals surface area contributed by atoms with E-state index in [1.54, 1.807) is 29.2 Å². The first-order chi connectivity index (χ1) is 11.8. The Labute approximate surface area is 147 Å². The Morgan fingerprint density at radius 1 is 1.24 bits per heavy atom. The van der Waals surface area contributed by atoms with Crippen LogP contribution in [-0.2, 0) is 9.59 Å². The maximum Gasteiger partial charge on any atom is 0.311 e. The highest BCUT2D eigenvalue weighted by atomic mass is 16.4. The van der Waals surface area contributed by atoms with Crippen molar-refractivity contribution in [2.24, 2.45) is 17.3 Å². The molecule has 2 N–H and O–H groups in total. The number of benzene rings is 1. The number of rotatable bonds is 4. The standard InChI is InChI=1S/C19H24N2O4/c1-12(2)16(22)20-15-7-5-13(6-8-15)17(23)21-10-14-4-3-9-19(14,11-21)18(24)25/h5-8,12,14H,3-4,9-11H2,1-2H3,(H,20,22)(H,24,25)/t14-,19+/m0/s1. The molecule has 1 aromatic rings. The number of nitrogens with one attached hydrogen (secondary N) is 1. The fraction of sp³-hybridized carbons (Fsp3) is 0.526. The molecule has 134 valence electrons. The van der Waals surface area contributed by atoms with Gasteiger partial charge < -0.3 is 15.3 Å². The molecule has 2 fully saturated rings. The van der Waals surface area contributed by atoms with Gasteiger partial charge in [0.05, 0.1) is 5.41 Å². The van der Waals surface area contributed by atoms with Crippen molar-refractivity contribution in [2.45, 2.75) is 33.1 Å². The van der Waals surface area contributed by atoms with Gasteiger partial charge in [-0.3, -0.25) is 14.4 Å². The molecular weight excluding hydrogens is 320 g/mol. The molecule has 0 unspecified atom stereocenters. The van der Waals surface area contributed by atoms with Crippen LogP contribution < -0.4 is 5.32 Å². The number of aliphatic carboxylic acids is 1. The van der Waals surface area contributed by atoms with Crippen LogP contribution in [0.3, 0.4) is 0 Å². The SMILES string of the molecule is CC(C)C(=O)Nc1ccc(C(=O)N2C[C@@H]3CCC[C@@]3(C(=O)O)C2)cc1. The number of fused-ring (bicyclic) bond motifs is 1. The molecule has 1 saturated carbocycles. The Kier molecular flexibility index (Phi) is 4.54. The van der Waals surface area contributed by atoms with E-state index in [1.165, 1.54) is 0 Å². The molecule has 2 amide bonds. The number of nitrogens with zero attached hydrogens (tertiary/aromatic N) is 1. The van der Waals surface area contributed by atoms with Crippen LogP contribution in [0.4, 0.5) is 5.69 Å². The molecular formula is C19H24N2O4. The first kappa shape index (κ1) is 17.5. The first-order valence-corrected chi connectivity index (χ1v) is 8.77. The quantitative estimate of drug-likeness (QED) is 0.879. The molecule has 6 nitrogen and oxygen atoms in total. The summed E-state index contributed by atoms with van der Waals surface area (Å²) in [5.41, 5.74) is 0.402. The van der Waals surface area contributed by atoms with E-state index in [0.717, 1.165) is 12.8 Å². The lowest BCUT2D eigenvalue weighted by atomic mass is 9.81. The molecule has 6 heteroatoms. The number of carbonyl (C=O) groups excluding carboxylic acids is 2. The van der Waals surface area contributed by atoms with Crippen molar-refractivity contribution in [3.05, 3.63) is 29.8 Å². The monoisotopic (exact) mass is 344 g/mol. The van der Waals surface area contributed by atoms with Gasteiger partial charge in [0.1, 0.15) is 0 Å². The van der Waals surface area contributed by atoms with Crippen LogP contribution >= 0.6 is 0 Å². The van der Waals surface area contributed by atoms with Crippen molar-refractivity contribution in [1.82, 2.24) is 4.90 Å². The summed E-state index contributed by atoms with van der Waals surface area (Å²) in [6, 6.07) is 6.77. The van der Waals surface area contributed by atoms with Crippen LogP contribution in [0.25, 0.3) is 0 Å². The highest BCUT2D eigenvalue weighted by Gasteiger charge is 2.55. The van der Waals surface area contributed by atoms with Crippen molar-refractivity contribution < 1.29 is 19.5 Å². The third-order valence-electron chi connectivity index (χ3n) is 5.51. The fourth-order valence-electron chi connectivity index (χ4n) is 3.96. The van der Waals surface area contributed by atoms with Gasteiger partial charge in [0.2, 0.25) is 5.91 Å². The van der Waals surface area contributed by atoms with Crippen LogP contribution in [0.15, 0.2) is 24.3 Å². The van der Waals surface area contributed by atoms with Gasteiger partial charge in [-0.2, -0.15) is 0 Å². The Bertz CT molecular complexity index is 698. The van der Waals surface area contributed by atoms with E-state index in [-0.39, 0.29) is 30.2 Å². The minimum Gasteiger partial charge on any atom is -0.481 e. The van der Waals surface area contributed by atoms with Crippen LogP contribution in [0, 0.1) is 17.3 Å². The van der Waals surface area contributed by atoms with Gasteiger partial charge in [0, 0.05) is 30.3 Å². The van der Waals surface area contributed by atoms with Crippen LogP contribution in [0.5, 0.6) is 0 Å². The highest BCUT2D eigenvalue weighted by molar-refractivity contribution is 5.96. The Hall–Kier alpha value is -2.37. The Morgan fingerprint density at radius 3 is 2.48 bits per heavy atom. The molecule has 2 atom stereocenters. The normalized spacial score (nSPS) is 25.1. The summed E-state index contributed by atoms with van der Waals surface area (Å²) in [6.07, 6.45) is 2.44. The maximum atomic E-state index is 12.7. The van der Waals surface area contributed by atoms with Gasteiger partial charge in [-0.15, -0.1) is 0 Å². The molecule has 1 heterocycles. The number of anilines is 1. The third kappa shape index (κ3) is 3.13. The lowest BCUT2D eigenvalue weighted by molar-refractivity contribution is -0.149. The van der Waals surface area contributed by atoms with E-state index >= 15 is 0 Å². The minimum atomic E-state index is -0.781. The third-order valence-corrected chi connectivity index (χ3v) is 5.51. The Balaban J connectivity index is 1.70. The van der Waals surface area contributed by atoms with E-state index in [2.05, 4.69) is 5.32 Å². The van der Waals surface area contributed by atoms with Crippen molar-refractivity contribution >= 4 is 23.5 Å². The molecule has 3 rings (SSSR count). The zero-order chi connectivity index (χ0) is 18.2. The van der Waals surface area contributed by atoms with Crippen molar-refractivity contribution in [1.29, 1.82) is 0 Å². The molecule has 1 aliphatic heterocycles. The first-order valence-electron chi connectivity index (χ1n) is 8.77. The lowest BCUT2D eigenvalue weighted by Gasteiger charge is -2.23. The van der Waals surface area contributed by atoms with E-state index in [4.69, 9.17) is 0 Å². The van der Waals surface area contributed by atoms with Crippen LogP contribution in [0.1, 0.15) is 43.5 Å². The predicted molar refractivity (Wildman–Crippen MR) is 93.2 cm³/mol. The number of carboxylic acids is 1. The molecule has 1 aliphatic carbocycles. The molecule has 0 bridgehead atoms. The fourth-order valence-corrected chi connectivity index (χ4v) is 3.96. The van der Waals surface area contributed by atoms with Gasteiger partial charge in [-0.25, -0.2) is 0 Å². The van der Waals surface area contributed by atoms with E-state index in [0.29, 0.717) is 24.2 Å². The lowest BCUT2D eigenvalue weighted by Crippen LogP contribution is -2.37. The number of likely N-dealkylation sites (tertiary alicyclic amines) is 1. The Morgan fingerprint density at radius 2 is 1.92 bits per heavy atom. The zero-order valence-corrected chi connectivity index (χ0v) is 14.6. The van der Waals surface area contributed by atoms with E-state index in [1.807, 2.05) is 13.8 Å². The summed E-state index contributed by atoms with van der Waals surface area (Å²) < 4.78 is 0. The average Bonchev–Trinajstić information content (AvgIpc) is 3.13. The molecule has 25 heavy (non-hydrogen) atoms.